The number of aromatic nitrogens is 6. The second kappa shape index (κ2) is 6.23. The van der Waals surface area contributed by atoms with E-state index in [-0.39, 0.29) is 5.91 Å². The van der Waals surface area contributed by atoms with Crippen LogP contribution in [-0.2, 0) is 19.5 Å². The normalized spacial score (nSPS) is 13.5. The summed E-state index contributed by atoms with van der Waals surface area (Å²) in [6.45, 7) is 1.49. The van der Waals surface area contributed by atoms with Gasteiger partial charge in [-0.2, -0.15) is 0 Å². The fourth-order valence-electron chi connectivity index (χ4n) is 2.91. The van der Waals surface area contributed by atoms with Gasteiger partial charge in [0.25, 0.3) is 5.91 Å². The molecule has 1 aliphatic rings. The van der Waals surface area contributed by atoms with E-state index in [4.69, 9.17) is 0 Å². The summed E-state index contributed by atoms with van der Waals surface area (Å²) in [6.07, 6.45) is 6.56. The van der Waals surface area contributed by atoms with Gasteiger partial charge in [0.1, 0.15) is 18.0 Å². The summed E-state index contributed by atoms with van der Waals surface area (Å²) >= 11 is 0. The van der Waals surface area contributed by atoms with E-state index in [1.807, 2.05) is 24.3 Å². The van der Waals surface area contributed by atoms with Crippen molar-refractivity contribution >= 4 is 11.7 Å². The first-order chi connectivity index (χ1) is 11.8. The van der Waals surface area contributed by atoms with Crippen molar-refractivity contribution in [1.82, 2.24) is 29.8 Å². The number of imidazole rings is 1. The van der Waals surface area contributed by atoms with Gasteiger partial charge in [0.2, 0.25) is 0 Å². The summed E-state index contributed by atoms with van der Waals surface area (Å²) in [5.74, 6) is 1.69. The zero-order valence-electron chi connectivity index (χ0n) is 13.1. The maximum absolute atomic E-state index is 12.4. The van der Waals surface area contributed by atoms with Crippen LogP contribution in [0.3, 0.4) is 0 Å². The summed E-state index contributed by atoms with van der Waals surface area (Å²) in [4.78, 5) is 16.8. The zero-order chi connectivity index (χ0) is 16.4. The van der Waals surface area contributed by atoms with Crippen molar-refractivity contribution in [2.24, 2.45) is 0 Å². The highest BCUT2D eigenvalue weighted by Crippen LogP contribution is 2.20. The van der Waals surface area contributed by atoms with Crippen LogP contribution in [0.25, 0.3) is 0 Å². The minimum atomic E-state index is -0.128. The van der Waals surface area contributed by atoms with E-state index in [0.29, 0.717) is 12.1 Å². The van der Waals surface area contributed by atoms with Crippen LogP contribution in [-0.4, -0.2) is 35.7 Å². The van der Waals surface area contributed by atoms with Crippen LogP contribution in [0.4, 0.5) is 5.82 Å². The maximum Gasteiger partial charge on any atom is 0.256 e. The van der Waals surface area contributed by atoms with Crippen molar-refractivity contribution in [2.45, 2.75) is 32.4 Å². The maximum atomic E-state index is 12.4. The highest BCUT2D eigenvalue weighted by molar-refractivity contribution is 6.03. The van der Waals surface area contributed by atoms with Gasteiger partial charge in [-0.05, 0) is 41.0 Å². The number of hydrogen-bond donors (Lipinski definition) is 1. The number of carbonyl (C=O) groups is 1. The average molecular weight is 323 g/mol. The Morgan fingerprint density at radius 3 is 2.88 bits per heavy atom. The van der Waals surface area contributed by atoms with Gasteiger partial charge >= 0.3 is 0 Å². The molecule has 3 heterocycles. The lowest BCUT2D eigenvalue weighted by molar-refractivity contribution is 0.102. The number of tetrazole rings is 1. The summed E-state index contributed by atoms with van der Waals surface area (Å²) in [7, 11) is 0. The molecular weight excluding hydrogens is 306 g/mol. The largest absolute Gasteiger partial charge is 0.315 e. The van der Waals surface area contributed by atoms with Gasteiger partial charge in [-0.15, -0.1) is 5.10 Å². The molecule has 0 atom stereocenters. The van der Waals surface area contributed by atoms with Crippen LogP contribution in [0.2, 0.25) is 0 Å². The lowest BCUT2D eigenvalue weighted by atomic mass is 10.1. The molecule has 24 heavy (non-hydrogen) atoms. The Bertz CT molecular complexity index is 836. The van der Waals surface area contributed by atoms with Gasteiger partial charge in [-0.25, -0.2) is 9.67 Å². The van der Waals surface area contributed by atoms with E-state index in [1.165, 1.54) is 0 Å². The molecule has 0 saturated heterocycles. The predicted octanol–water partition coefficient (Wildman–Crippen LogP) is 1.51. The molecule has 1 aliphatic heterocycles. The van der Waals surface area contributed by atoms with Gasteiger partial charge in [0.05, 0.1) is 12.7 Å². The number of hydrogen-bond acceptors (Lipinski definition) is 5. The van der Waals surface area contributed by atoms with Crippen LogP contribution in [0.5, 0.6) is 0 Å². The molecule has 0 saturated carbocycles. The van der Waals surface area contributed by atoms with Crippen LogP contribution >= 0.6 is 0 Å². The van der Waals surface area contributed by atoms with Crippen molar-refractivity contribution in [3.63, 3.8) is 0 Å². The molecule has 122 valence electrons. The molecule has 3 aromatic rings. The Hall–Kier alpha value is -3.03. The molecule has 1 aromatic carbocycles. The lowest BCUT2D eigenvalue weighted by Crippen LogP contribution is -2.18. The molecule has 0 radical (unpaired) electrons. The molecule has 4 rings (SSSR count). The molecule has 0 bridgehead atoms. The van der Waals surface area contributed by atoms with Crippen molar-refractivity contribution in [3.05, 3.63) is 53.7 Å². The van der Waals surface area contributed by atoms with E-state index >= 15 is 0 Å². The number of benzene rings is 1. The smallest absolute Gasteiger partial charge is 0.256 e. The van der Waals surface area contributed by atoms with Crippen LogP contribution in [0, 0.1) is 0 Å². The zero-order valence-corrected chi connectivity index (χ0v) is 13.1. The van der Waals surface area contributed by atoms with Crippen molar-refractivity contribution in [1.29, 1.82) is 0 Å². The molecule has 0 fully saturated rings. The number of nitrogens with zero attached hydrogens (tertiary/aromatic N) is 6. The van der Waals surface area contributed by atoms with E-state index in [0.717, 1.165) is 43.0 Å². The van der Waals surface area contributed by atoms with Gasteiger partial charge in [0, 0.05) is 18.5 Å². The number of amides is 1. The summed E-state index contributed by atoms with van der Waals surface area (Å²) in [6, 6.07) is 7.43. The summed E-state index contributed by atoms with van der Waals surface area (Å²) in [5.41, 5.74) is 1.64. The minimum Gasteiger partial charge on any atom is -0.315 e. The highest BCUT2D eigenvalue weighted by Gasteiger charge is 2.16. The Balaban J connectivity index is 1.45. The van der Waals surface area contributed by atoms with Gasteiger partial charge in [0.15, 0.2) is 0 Å². The first-order valence-corrected chi connectivity index (χ1v) is 7.95. The fourth-order valence-corrected chi connectivity index (χ4v) is 2.91. The number of nitrogens with one attached hydrogen (secondary N) is 1. The second-order valence-electron chi connectivity index (χ2n) is 5.83. The van der Waals surface area contributed by atoms with Gasteiger partial charge < -0.3 is 9.88 Å². The predicted molar refractivity (Wildman–Crippen MR) is 86.5 cm³/mol. The number of aryl methyl sites for hydroxylation is 1. The molecule has 0 spiro atoms. The van der Waals surface area contributed by atoms with Crippen molar-refractivity contribution < 1.29 is 4.79 Å². The molecule has 1 N–H and O–H groups in total. The van der Waals surface area contributed by atoms with Crippen LogP contribution in [0.1, 0.15) is 34.6 Å². The fraction of sp³-hybridized carbons (Fsp3) is 0.312. The molecule has 1 amide bonds. The third-order valence-corrected chi connectivity index (χ3v) is 4.16. The number of rotatable bonds is 4. The highest BCUT2D eigenvalue weighted by atomic mass is 16.1. The molecule has 8 nitrogen and oxygen atoms in total. The van der Waals surface area contributed by atoms with Crippen LogP contribution < -0.4 is 5.32 Å². The second-order valence-corrected chi connectivity index (χ2v) is 5.83. The Morgan fingerprint density at radius 2 is 2.08 bits per heavy atom. The van der Waals surface area contributed by atoms with Crippen LogP contribution in [0.15, 0.2) is 36.8 Å². The summed E-state index contributed by atoms with van der Waals surface area (Å²) in [5, 5.41) is 14.0. The van der Waals surface area contributed by atoms with Crippen molar-refractivity contribution in [3.8, 4) is 0 Å². The lowest BCUT2D eigenvalue weighted by Gasteiger charge is -2.16. The van der Waals surface area contributed by atoms with Crippen molar-refractivity contribution in [2.75, 3.05) is 5.32 Å². The quantitative estimate of drug-likeness (QED) is 0.786. The van der Waals surface area contributed by atoms with E-state index < -0.39 is 0 Å². The topological polar surface area (TPSA) is 90.5 Å². The third kappa shape index (κ3) is 2.90. The first-order valence-electron chi connectivity index (χ1n) is 7.95. The van der Waals surface area contributed by atoms with Gasteiger partial charge in [-0.1, -0.05) is 12.1 Å². The number of fused-ring (bicyclic) bond motifs is 1. The SMILES string of the molecule is O=C(Nc1cnc2n1CCCC2)c1ccc(Cn2cnnn2)cc1. The summed E-state index contributed by atoms with van der Waals surface area (Å²) < 4.78 is 3.72. The number of carbonyl (C=O) groups excluding carboxylic acids is 1. The first kappa shape index (κ1) is 14.6. The standard InChI is InChI=1S/C16H17N7O/c24-16(19-15-9-17-14-3-1-2-8-23(14)15)13-6-4-12(5-7-13)10-22-11-18-20-21-22/h4-7,9,11H,1-3,8,10H2,(H,19,24). The minimum absolute atomic E-state index is 0.128. The molecule has 8 heteroatoms. The average Bonchev–Trinajstić information content (AvgIpc) is 3.26. The molecule has 0 aliphatic carbocycles. The van der Waals surface area contributed by atoms with E-state index in [1.54, 1.807) is 17.2 Å². The van der Waals surface area contributed by atoms with Gasteiger partial charge in [-0.3, -0.25) is 4.79 Å². The molecule has 2 aromatic heterocycles. The Labute approximate surface area is 138 Å². The third-order valence-electron chi connectivity index (χ3n) is 4.16. The number of anilines is 1. The Kier molecular flexibility index (Phi) is 3.78. The van der Waals surface area contributed by atoms with E-state index in [9.17, 15) is 4.79 Å². The molecular formula is C16H17N7O. The van der Waals surface area contributed by atoms with E-state index in [2.05, 4.69) is 30.4 Å². The Morgan fingerprint density at radius 1 is 1.21 bits per heavy atom. The molecule has 0 unspecified atom stereocenters. The monoisotopic (exact) mass is 323 g/mol.